The minimum Gasteiger partial charge on any atom is -0.493 e. The van der Waals surface area contributed by atoms with Crippen molar-refractivity contribution in [2.75, 3.05) is 18.6 Å². The Labute approximate surface area is 205 Å². The number of ether oxygens (including phenoxy) is 2. The summed E-state index contributed by atoms with van der Waals surface area (Å²) >= 11 is 0. The van der Waals surface area contributed by atoms with Gasteiger partial charge in [0.05, 0.1) is 30.7 Å². The molecule has 0 bridgehead atoms. The molecular weight excluding hydrogens is 460 g/mol. The molecule has 1 aliphatic heterocycles. The van der Waals surface area contributed by atoms with Crippen LogP contribution in [0.25, 0.3) is 21.7 Å². The normalized spacial score (nSPS) is 15.0. The van der Waals surface area contributed by atoms with Crippen molar-refractivity contribution in [1.29, 1.82) is 0 Å². The van der Waals surface area contributed by atoms with Crippen LogP contribution in [-0.2, 0) is 0 Å². The molecule has 1 aliphatic rings. The molecule has 1 amide bonds. The summed E-state index contributed by atoms with van der Waals surface area (Å²) in [5, 5.41) is 6.15. The molecule has 0 N–H and O–H groups in total. The van der Waals surface area contributed by atoms with E-state index in [0.717, 1.165) is 10.8 Å². The molecule has 5 aromatic rings. The molecule has 8 heteroatoms. The Bertz CT molecular complexity index is 1720. The van der Waals surface area contributed by atoms with E-state index < -0.39 is 11.9 Å². The molecule has 8 nitrogen and oxygen atoms in total. The summed E-state index contributed by atoms with van der Waals surface area (Å²) in [5.41, 5.74) is 1.00. The van der Waals surface area contributed by atoms with Gasteiger partial charge in [-0.3, -0.25) is 14.5 Å². The minimum absolute atomic E-state index is 0.0117. The number of carbonyl (C=O) groups is 1. The largest absolute Gasteiger partial charge is 0.493 e. The van der Waals surface area contributed by atoms with Gasteiger partial charge in [0.2, 0.25) is 5.76 Å². The molecule has 3 aromatic carbocycles. The molecule has 0 spiro atoms. The van der Waals surface area contributed by atoms with E-state index >= 15 is 0 Å². The fraction of sp³-hybridized carbons (Fsp3) is 0.179. The Hall–Kier alpha value is -4.59. The lowest BCUT2D eigenvalue weighted by atomic mass is 9.97. The van der Waals surface area contributed by atoms with Crippen LogP contribution in [-0.4, -0.2) is 24.8 Å². The standard InChI is InChI=1S/C28H22N2O6/c1-4-34-20-12-10-17(14-21(20)33-3)24-23-25(31)19-11-9-16-7-5-6-8-18(16)26(19)35-27(23)28(32)30(24)22-13-15(2)36-29-22/h5-14,24H,4H2,1-3H3/t24-/m0/s1. The molecule has 0 aliphatic carbocycles. The summed E-state index contributed by atoms with van der Waals surface area (Å²) in [6.45, 7) is 4.09. The lowest BCUT2D eigenvalue weighted by molar-refractivity contribution is 0.0969. The molecule has 6 rings (SSSR count). The number of aromatic nitrogens is 1. The van der Waals surface area contributed by atoms with Crippen molar-refractivity contribution in [3.63, 3.8) is 0 Å². The van der Waals surface area contributed by atoms with E-state index in [1.165, 1.54) is 4.90 Å². The topological polar surface area (TPSA) is 95.0 Å². The Morgan fingerprint density at radius 1 is 1.00 bits per heavy atom. The third kappa shape index (κ3) is 3.18. The van der Waals surface area contributed by atoms with Crippen LogP contribution in [0.3, 0.4) is 0 Å². The van der Waals surface area contributed by atoms with Crippen molar-refractivity contribution in [2.24, 2.45) is 0 Å². The monoisotopic (exact) mass is 482 g/mol. The number of carbonyl (C=O) groups excluding carboxylic acids is 1. The van der Waals surface area contributed by atoms with Crippen molar-refractivity contribution in [3.05, 3.63) is 93.5 Å². The van der Waals surface area contributed by atoms with Crippen LogP contribution >= 0.6 is 0 Å². The van der Waals surface area contributed by atoms with E-state index in [1.54, 1.807) is 38.3 Å². The average Bonchev–Trinajstić information content (AvgIpc) is 3.45. The fourth-order valence-corrected chi connectivity index (χ4v) is 4.85. The molecule has 1 atom stereocenters. The zero-order chi connectivity index (χ0) is 25.0. The van der Waals surface area contributed by atoms with Gasteiger partial charge >= 0.3 is 0 Å². The molecule has 0 saturated carbocycles. The fourth-order valence-electron chi connectivity index (χ4n) is 4.85. The van der Waals surface area contributed by atoms with E-state index in [9.17, 15) is 9.59 Å². The second kappa shape index (κ2) is 8.27. The molecule has 2 aromatic heterocycles. The Balaban J connectivity index is 1.64. The second-order valence-corrected chi connectivity index (χ2v) is 8.55. The van der Waals surface area contributed by atoms with Crippen molar-refractivity contribution < 1.29 is 23.2 Å². The number of amides is 1. The zero-order valence-corrected chi connectivity index (χ0v) is 19.9. The van der Waals surface area contributed by atoms with Crippen molar-refractivity contribution >= 4 is 33.5 Å². The van der Waals surface area contributed by atoms with Crippen LogP contribution in [0.1, 0.15) is 40.4 Å². The van der Waals surface area contributed by atoms with Gasteiger partial charge in [-0.2, -0.15) is 0 Å². The lowest BCUT2D eigenvalue weighted by Crippen LogP contribution is -2.29. The summed E-state index contributed by atoms with van der Waals surface area (Å²) in [4.78, 5) is 29.2. The van der Waals surface area contributed by atoms with Gasteiger partial charge in [-0.1, -0.05) is 41.6 Å². The molecule has 0 saturated heterocycles. The van der Waals surface area contributed by atoms with E-state index in [0.29, 0.717) is 40.4 Å². The Morgan fingerprint density at radius 2 is 1.83 bits per heavy atom. The highest BCUT2D eigenvalue weighted by atomic mass is 16.5. The number of hydrogen-bond donors (Lipinski definition) is 0. The van der Waals surface area contributed by atoms with Gasteiger partial charge in [0.15, 0.2) is 22.7 Å². The van der Waals surface area contributed by atoms with E-state index in [-0.39, 0.29) is 22.6 Å². The van der Waals surface area contributed by atoms with Gasteiger partial charge in [0.1, 0.15) is 11.3 Å². The number of fused-ring (bicyclic) bond motifs is 4. The van der Waals surface area contributed by atoms with Crippen molar-refractivity contribution in [3.8, 4) is 11.5 Å². The second-order valence-electron chi connectivity index (χ2n) is 8.55. The summed E-state index contributed by atoms with van der Waals surface area (Å²) in [6, 6.07) is 17.4. The number of nitrogens with zero attached hydrogens (tertiary/aromatic N) is 2. The Morgan fingerprint density at radius 3 is 2.58 bits per heavy atom. The van der Waals surface area contributed by atoms with Crippen LogP contribution in [0.15, 0.2) is 74.4 Å². The maximum atomic E-state index is 14.0. The van der Waals surface area contributed by atoms with Gasteiger partial charge < -0.3 is 18.4 Å². The number of aryl methyl sites for hydroxylation is 1. The highest BCUT2D eigenvalue weighted by Crippen LogP contribution is 2.43. The van der Waals surface area contributed by atoms with E-state index in [2.05, 4.69) is 5.16 Å². The van der Waals surface area contributed by atoms with E-state index in [4.69, 9.17) is 18.4 Å². The highest BCUT2D eigenvalue weighted by Gasteiger charge is 2.45. The van der Waals surface area contributed by atoms with Crippen molar-refractivity contribution in [1.82, 2.24) is 5.16 Å². The first kappa shape index (κ1) is 21.9. The van der Waals surface area contributed by atoms with Gasteiger partial charge in [0, 0.05) is 11.5 Å². The van der Waals surface area contributed by atoms with Gasteiger partial charge in [-0.15, -0.1) is 0 Å². The third-order valence-corrected chi connectivity index (χ3v) is 6.43. The predicted molar refractivity (Wildman–Crippen MR) is 134 cm³/mol. The first-order valence-electron chi connectivity index (χ1n) is 11.6. The molecule has 3 heterocycles. The van der Waals surface area contributed by atoms with Gasteiger partial charge in [0.25, 0.3) is 5.91 Å². The maximum Gasteiger partial charge on any atom is 0.296 e. The van der Waals surface area contributed by atoms with Gasteiger partial charge in [-0.05, 0) is 43.0 Å². The molecule has 0 unspecified atom stereocenters. The maximum absolute atomic E-state index is 14.0. The van der Waals surface area contributed by atoms with E-state index in [1.807, 2.05) is 43.3 Å². The molecule has 180 valence electrons. The minimum atomic E-state index is -0.798. The Kier molecular flexibility index (Phi) is 5.03. The number of methoxy groups -OCH3 is 1. The molecule has 36 heavy (non-hydrogen) atoms. The van der Waals surface area contributed by atoms with Crippen LogP contribution < -0.4 is 19.8 Å². The first-order valence-corrected chi connectivity index (χ1v) is 11.6. The highest BCUT2D eigenvalue weighted by molar-refractivity contribution is 6.12. The first-order chi connectivity index (χ1) is 17.5. The SMILES string of the molecule is CCOc1ccc([C@H]2c3c(oc4c(ccc5ccccc54)c3=O)C(=O)N2c2cc(C)on2)cc1OC. The molecular formula is C28H22N2O6. The number of benzene rings is 3. The molecule has 0 fully saturated rings. The average molecular weight is 482 g/mol. The zero-order valence-electron chi connectivity index (χ0n) is 19.9. The summed E-state index contributed by atoms with van der Waals surface area (Å²) in [7, 11) is 1.54. The summed E-state index contributed by atoms with van der Waals surface area (Å²) in [6.07, 6.45) is 0. The van der Waals surface area contributed by atoms with Gasteiger partial charge in [-0.25, -0.2) is 0 Å². The lowest BCUT2D eigenvalue weighted by Gasteiger charge is -2.23. The smallest absolute Gasteiger partial charge is 0.296 e. The number of rotatable bonds is 5. The quantitative estimate of drug-likeness (QED) is 0.310. The van der Waals surface area contributed by atoms with Crippen LogP contribution in [0.5, 0.6) is 11.5 Å². The summed E-state index contributed by atoms with van der Waals surface area (Å²) in [5.74, 6) is 1.39. The van der Waals surface area contributed by atoms with Crippen LogP contribution in [0.2, 0.25) is 0 Å². The number of hydrogen-bond acceptors (Lipinski definition) is 7. The molecule has 0 radical (unpaired) electrons. The van der Waals surface area contributed by atoms with Crippen molar-refractivity contribution in [2.45, 2.75) is 19.9 Å². The van der Waals surface area contributed by atoms with Crippen LogP contribution in [0, 0.1) is 6.92 Å². The predicted octanol–water partition coefficient (Wildman–Crippen LogP) is 5.40. The van der Waals surface area contributed by atoms with Crippen LogP contribution in [0.4, 0.5) is 5.82 Å². The number of anilines is 1. The summed E-state index contributed by atoms with van der Waals surface area (Å²) < 4.78 is 22.7. The third-order valence-electron chi connectivity index (χ3n) is 6.43.